The summed E-state index contributed by atoms with van der Waals surface area (Å²) in [5, 5.41) is 0. The molecular formula is C26H38N10O. The Hall–Kier alpha value is -2.89. The van der Waals surface area contributed by atoms with Gasteiger partial charge in [0.05, 0.1) is 25.3 Å². The van der Waals surface area contributed by atoms with E-state index in [0.717, 1.165) is 73.7 Å². The van der Waals surface area contributed by atoms with E-state index in [2.05, 4.69) is 36.2 Å². The molecule has 0 bridgehead atoms. The Kier molecular flexibility index (Phi) is 7.16. The van der Waals surface area contributed by atoms with Crippen molar-refractivity contribution in [2.24, 2.45) is 0 Å². The second-order valence-electron chi connectivity index (χ2n) is 10.3. The summed E-state index contributed by atoms with van der Waals surface area (Å²) in [6, 6.07) is 0.741. The molecule has 3 aliphatic heterocycles. The highest BCUT2D eigenvalue weighted by atomic mass is 16.5. The summed E-state index contributed by atoms with van der Waals surface area (Å²) < 4.78 is 7.86. The van der Waals surface area contributed by atoms with Gasteiger partial charge >= 0.3 is 0 Å². The molecule has 0 aliphatic carbocycles. The zero-order valence-corrected chi connectivity index (χ0v) is 21.8. The van der Waals surface area contributed by atoms with Gasteiger partial charge < -0.3 is 24.8 Å². The highest BCUT2D eigenvalue weighted by Crippen LogP contribution is 2.30. The van der Waals surface area contributed by atoms with Gasteiger partial charge in [-0.15, -0.1) is 0 Å². The van der Waals surface area contributed by atoms with E-state index < -0.39 is 0 Å². The number of aromatic nitrogens is 6. The highest BCUT2D eigenvalue weighted by Gasteiger charge is 2.28. The summed E-state index contributed by atoms with van der Waals surface area (Å²) in [7, 11) is 0. The predicted molar refractivity (Wildman–Crippen MR) is 143 cm³/mol. The van der Waals surface area contributed by atoms with E-state index in [9.17, 15) is 0 Å². The average molecular weight is 507 g/mol. The van der Waals surface area contributed by atoms with Crippen molar-refractivity contribution < 1.29 is 4.74 Å². The van der Waals surface area contributed by atoms with Crippen molar-refractivity contribution in [3.05, 3.63) is 18.2 Å². The second-order valence-corrected chi connectivity index (χ2v) is 10.3. The zero-order valence-electron chi connectivity index (χ0n) is 21.8. The maximum absolute atomic E-state index is 5.72. The van der Waals surface area contributed by atoms with Gasteiger partial charge in [0, 0.05) is 51.2 Å². The summed E-state index contributed by atoms with van der Waals surface area (Å²) in [6.07, 6.45) is 9.97. The third-order valence-corrected chi connectivity index (χ3v) is 8.04. The fraction of sp³-hybridized carbons (Fsp3) is 0.654. The number of imidazole rings is 1. The lowest BCUT2D eigenvalue weighted by Gasteiger charge is -2.40. The second kappa shape index (κ2) is 10.8. The molecule has 0 atom stereocenters. The lowest BCUT2D eigenvalue weighted by Crippen LogP contribution is -2.46. The van der Waals surface area contributed by atoms with E-state index in [1.807, 2.05) is 0 Å². The maximum Gasteiger partial charge on any atom is 0.219 e. The Morgan fingerprint density at radius 3 is 2.35 bits per heavy atom. The summed E-state index contributed by atoms with van der Waals surface area (Å²) in [6.45, 7) is 11.5. The number of nitrogens with zero attached hydrogens (tertiary/aromatic N) is 9. The number of nitrogens with two attached hydrogens (primary N) is 1. The minimum absolute atomic E-state index is 0.239. The molecule has 0 amide bonds. The van der Waals surface area contributed by atoms with Crippen LogP contribution in [0.5, 0.6) is 0 Å². The van der Waals surface area contributed by atoms with E-state index in [4.69, 9.17) is 25.4 Å². The summed E-state index contributed by atoms with van der Waals surface area (Å²) in [4.78, 5) is 31.0. The van der Waals surface area contributed by atoms with E-state index >= 15 is 0 Å². The standard InChI is InChI=1S/C26H38N10O/c1-2-36-21(18-33-10-6-20(7-11-33)34-8-4-3-5-9-34)30-22-24(35-12-14-37-15-13-35)31-23(32-25(22)36)19-16-28-26(27)29-17-19/h16-17,20H,2-15,18H2,1H3,(H2,27,28,29). The van der Waals surface area contributed by atoms with Crippen molar-refractivity contribution in [2.75, 3.05) is 63.1 Å². The molecule has 6 rings (SSSR count). The molecule has 11 nitrogen and oxygen atoms in total. The lowest BCUT2D eigenvalue weighted by atomic mass is 10.00. The van der Waals surface area contributed by atoms with Crippen LogP contribution in [0.3, 0.4) is 0 Å². The van der Waals surface area contributed by atoms with Gasteiger partial charge in [-0.2, -0.15) is 0 Å². The number of likely N-dealkylation sites (tertiary alicyclic amines) is 2. The van der Waals surface area contributed by atoms with Gasteiger partial charge in [0.15, 0.2) is 22.8 Å². The van der Waals surface area contributed by atoms with Crippen molar-refractivity contribution in [3.63, 3.8) is 0 Å². The Balaban J connectivity index is 1.30. The van der Waals surface area contributed by atoms with Crippen LogP contribution in [-0.4, -0.2) is 97.8 Å². The summed E-state index contributed by atoms with van der Waals surface area (Å²) in [5.41, 5.74) is 8.20. The van der Waals surface area contributed by atoms with E-state index in [1.165, 1.54) is 45.2 Å². The first-order chi connectivity index (χ1) is 18.2. The van der Waals surface area contributed by atoms with Crippen LogP contribution in [-0.2, 0) is 17.8 Å². The fourth-order valence-corrected chi connectivity index (χ4v) is 5.99. The molecule has 37 heavy (non-hydrogen) atoms. The molecule has 198 valence electrons. The van der Waals surface area contributed by atoms with Gasteiger partial charge in [-0.05, 0) is 45.7 Å². The van der Waals surface area contributed by atoms with Crippen LogP contribution in [0, 0.1) is 0 Å². The van der Waals surface area contributed by atoms with Gasteiger partial charge in [-0.25, -0.2) is 24.9 Å². The van der Waals surface area contributed by atoms with Gasteiger partial charge in [-0.3, -0.25) is 4.90 Å². The number of nitrogen functional groups attached to an aromatic ring is 1. The van der Waals surface area contributed by atoms with Crippen LogP contribution < -0.4 is 10.6 Å². The first-order valence-corrected chi connectivity index (χ1v) is 13.8. The Morgan fingerprint density at radius 2 is 1.65 bits per heavy atom. The largest absolute Gasteiger partial charge is 0.378 e. The molecule has 2 N–H and O–H groups in total. The number of hydrogen-bond acceptors (Lipinski definition) is 10. The van der Waals surface area contributed by atoms with Gasteiger partial charge in [0.2, 0.25) is 5.95 Å². The number of hydrogen-bond donors (Lipinski definition) is 1. The number of fused-ring (bicyclic) bond motifs is 1. The van der Waals surface area contributed by atoms with E-state index in [-0.39, 0.29) is 5.95 Å². The number of piperidine rings is 2. The van der Waals surface area contributed by atoms with Gasteiger partial charge in [0.1, 0.15) is 5.82 Å². The highest BCUT2D eigenvalue weighted by molar-refractivity contribution is 5.86. The third-order valence-electron chi connectivity index (χ3n) is 8.04. The topological polar surface area (TPSA) is 114 Å². The Bertz CT molecular complexity index is 1190. The van der Waals surface area contributed by atoms with Crippen LogP contribution in [0.25, 0.3) is 22.6 Å². The third kappa shape index (κ3) is 5.12. The molecule has 3 aromatic heterocycles. The van der Waals surface area contributed by atoms with Crippen molar-refractivity contribution in [3.8, 4) is 11.4 Å². The quantitative estimate of drug-likeness (QED) is 0.533. The molecule has 0 aromatic carbocycles. The molecular weight excluding hydrogens is 468 g/mol. The number of aryl methyl sites for hydroxylation is 1. The molecule has 0 spiro atoms. The molecule has 3 aromatic rings. The van der Waals surface area contributed by atoms with Crippen molar-refractivity contribution in [2.45, 2.75) is 58.2 Å². The van der Waals surface area contributed by atoms with Crippen LogP contribution in [0.15, 0.2) is 12.4 Å². The normalized spacial score (nSPS) is 20.6. The molecule has 3 aliphatic rings. The smallest absolute Gasteiger partial charge is 0.219 e. The Labute approximate surface area is 218 Å². The zero-order chi connectivity index (χ0) is 25.2. The van der Waals surface area contributed by atoms with E-state index in [0.29, 0.717) is 19.0 Å². The summed E-state index contributed by atoms with van der Waals surface area (Å²) >= 11 is 0. The van der Waals surface area contributed by atoms with Gasteiger partial charge in [-0.1, -0.05) is 6.42 Å². The van der Waals surface area contributed by atoms with E-state index in [1.54, 1.807) is 12.4 Å². The molecule has 3 fully saturated rings. The monoisotopic (exact) mass is 506 g/mol. The first-order valence-electron chi connectivity index (χ1n) is 13.8. The molecule has 0 unspecified atom stereocenters. The molecule has 0 saturated carbocycles. The molecule has 0 radical (unpaired) electrons. The average Bonchev–Trinajstić information content (AvgIpc) is 3.31. The first kappa shape index (κ1) is 24.4. The van der Waals surface area contributed by atoms with Crippen molar-refractivity contribution >= 4 is 22.9 Å². The fourth-order valence-electron chi connectivity index (χ4n) is 5.99. The van der Waals surface area contributed by atoms with Crippen LogP contribution in [0.4, 0.5) is 11.8 Å². The van der Waals surface area contributed by atoms with Crippen LogP contribution in [0.2, 0.25) is 0 Å². The van der Waals surface area contributed by atoms with Crippen molar-refractivity contribution in [1.82, 2.24) is 39.3 Å². The number of anilines is 2. The minimum Gasteiger partial charge on any atom is -0.378 e. The number of rotatable bonds is 6. The maximum atomic E-state index is 5.72. The predicted octanol–water partition coefficient (Wildman–Crippen LogP) is 2.17. The van der Waals surface area contributed by atoms with Crippen LogP contribution in [0.1, 0.15) is 44.9 Å². The molecule has 6 heterocycles. The van der Waals surface area contributed by atoms with Crippen molar-refractivity contribution in [1.29, 1.82) is 0 Å². The number of ether oxygens (including phenoxy) is 1. The number of morpholine rings is 1. The summed E-state index contributed by atoms with van der Waals surface area (Å²) in [5.74, 6) is 2.75. The minimum atomic E-state index is 0.239. The molecule has 3 saturated heterocycles. The SMILES string of the molecule is CCn1c(CN2CCC(N3CCCCC3)CC2)nc2c(N3CCOCC3)nc(-c3cnc(N)nc3)nc21. The molecule has 11 heteroatoms. The Morgan fingerprint density at radius 1 is 0.919 bits per heavy atom. The van der Waals surface area contributed by atoms with Gasteiger partial charge in [0.25, 0.3) is 0 Å². The van der Waals surface area contributed by atoms with Crippen LogP contribution >= 0.6 is 0 Å². The lowest BCUT2D eigenvalue weighted by molar-refractivity contribution is 0.0881.